The van der Waals surface area contributed by atoms with Crippen LogP contribution in [0.1, 0.15) is 59.5 Å². The Labute approximate surface area is 160 Å². The largest absolute Gasteiger partial charge is 0.464 e. The van der Waals surface area contributed by atoms with Gasteiger partial charge in [-0.3, -0.25) is 4.79 Å². The first-order valence-electron chi connectivity index (χ1n) is 9.44. The molecule has 2 fully saturated rings. The van der Waals surface area contributed by atoms with Crippen molar-refractivity contribution < 1.29 is 17.6 Å². The zero-order valence-corrected chi connectivity index (χ0v) is 16.8. The molecule has 1 aromatic carbocycles. The summed E-state index contributed by atoms with van der Waals surface area (Å²) in [5, 5.41) is 0. The number of carbonyl (C=O) groups is 1. The lowest BCUT2D eigenvalue weighted by Crippen LogP contribution is -2.32. The number of nitrogens with zero attached hydrogens (tertiary/aromatic N) is 1. The number of rotatable bonds is 6. The standard InChI is InChI=1S/C21H25NO4S/c1-13-4-5-15(11-20(13)27(3,24)25)21(23)22(16-6-7-16)12-17-8-9-19(26-17)18-10-14(18)2/h4-5,8-9,11,14,16,18H,6-7,10,12H2,1-3H3/t14-,18+/m1/s1. The number of carbonyl (C=O) groups excluding carboxylic acids is 1. The van der Waals surface area contributed by atoms with Crippen LogP contribution >= 0.6 is 0 Å². The van der Waals surface area contributed by atoms with Crippen molar-refractivity contribution >= 4 is 15.7 Å². The molecule has 2 aliphatic carbocycles. The summed E-state index contributed by atoms with van der Waals surface area (Å²) in [6.45, 7) is 4.38. The first kappa shape index (κ1) is 18.3. The Hall–Kier alpha value is -2.08. The van der Waals surface area contributed by atoms with E-state index in [2.05, 4.69) is 6.92 Å². The maximum Gasteiger partial charge on any atom is 0.254 e. The van der Waals surface area contributed by atoms with E-state index in [4.69, 9.17) is 4.42 Å². The number of benzene rings is 1. The topological polar surface area (TPSA) is 67.6 Å². The van der Waals surface area contributed by atoms with Crippen molar-refractivity contribution in [3.63, 3.8) is 0 Å². The summed E-state index contributed by atoms with van der Waals surface area (Å²) >= 11 is 0. The lowest BCUT2D eigenvalue weighted by atomic mass is 10.1. The Morgan fingerprint density at radius 2 is 1.93 bits per heavy atom. The van der Waals surface area contributed by atoms with Crippen LogP contribution in [-0.4, -0.2) is 31.5 Å². The molecule has 2 aromatic rings. The molecule has 6 heteroatoms. The Balaban J connectivity index is 1.57. The summed E-state index contributed by atoms with van der Waals surface area (Å²) < 4.78 is 30.0. The molecule has 0 aliphatic heterocycles. The zero-order chi connectivity index (χ0) is 19.3. The minimum atomic E-state index is -3.37. The van der Waals surface area contributed by atoms with Crippen LogP contribution in [0.15, 0.2) is 39.6 Å². The smallest absolute Gasteiger partial charge is 0.254 e. The summed E-state index contributed by atoms with van der Waals surface area (Å²) in [6.07, 6.45) is 4.29. The van der Waals surface area contributed by atoms with E-state index in [0.717, 1.165) is 30.8 Å². The highest BCUT2D eigenvalue weighted by Gasteiger charge is 2.38. The molecule has 144 valence electrons. The molecule has 2 aliphatic rings. The number of aryl methyl sites for hydroxylation is 1. The van der Waals surface area contributed by atoms with Crippen molar-refractivity contribution in [1.82, 2.24) is 4.90 Å². The highest BCUT2D eigenvalue weighted by atomic mass is 32.2. The normalized spacial score (nSPS) is 21.9. The van der Waals surface area contributed by atoms with Gasteiger partial charge < -0.3 is 9.32 Å². The Morgan fingerprint density at radius 3 is 2.52 bits per heavy atom. The summed E-state index contributed by atoms with van der Waals surface area (Å²) in [6, 6.07) is 9.10. The molecule has 27 heavy (non-hydrogen) atoms. The van der Waals surface area contributed by atoms with Gasteiger partial charge in [-0.15, -0.1) is 0 Å². The van der Waals surface area contributed by atoms with Crippen molar-refractivity contribution in [1.29, 1.82) is 0 Å². The Bertz CT molecular complexity index is 987. The van der Waals surface area contributed by atoms with E-state index in [-0.39, 0.29) is 16.8 Å². The van der Waals surface area contributed by atoms with Gasteiger partial charge in [0.2, 0.25) is 0 Å². The van der Waals surface area contributed by atoms with E-state index in [9.17, 15) is 13.2 Å². The van der Waals surface area contributed by atoms with Gasteiger partial charge in [0, 0.05) is 23.8 Å². The number of sulfone groups is 1. The Kier molecular flexibility index (Phi) is 4.41. The lowest BCUT2D eigenvalue weighted by molar-refractivity contribution is 0.0716. The molecule has 5 nitrogen and oxygen atoms in total. The molecule has 2 saturated carbocycles. The van der Waals surface area contributed by atoms with Gasteiger partial charge in [0.25, 0.3) is 5.91 Å². The minimum absolute atomic E-state index is 0.139. The van der Waals surface area contributed by atoms with Crippen LogP contribution in [-0.2, 0) is 16.4 Å². The molecular weight excluding hydrogens is 362 g/mol. The molecule has 0 spiro atoms. The van der Waals surface area contributed by atoms with Crippen LogP contribution in [0.3, 0.4) is 0 Å². The molecule has 0 bridgehead atoms. The Morgan fingerprint density at radius 1 is 1.22 bits per heavy atom. The molecule has 4 rings (SSSR count). The SMILES string of the molecule is Cc1ccc(C(=O)N(Cc2ccc([C@H]3C[C@H]3C)o2)C2CC2)cc1S(C)(=O)=O. The van der Waals surface area contributed by atoms with Crippen molar-refractivity contribution in [2.45, 2.75) is 56.5 Å². The van der Waals surface area contributed by atoms with Crippen molar-refractivity contribution in [2.24, 2.45) is 5.92 Å². The molecule has 1 heterocycles. The number of amides is 1. The van der Waals surface area contributed by atoms with Gasteiger partial charge in [-0.25, -0.2) is 8.42 Å². The predicted octanol–water partition coefficient (Wildman–Crippen LogP) is 3.92. The van der Waals surface area contributed by atoms with Crippen LogP contribution < -0.4 is 0 Å². The van der Waals surface area contributed by atoms with Crippen LogP contribution in [0.4, 0.5) is 0 Å². The van der Waals surface area contributed by atoms with Gasteiger partial charge in [-0.1, -0.05) is 13.0 Å². The second-order valence-electron chi connectivity index (χ2n) is 8.04. The van der Waals surface area contributed by atoms with E-state index < -0.39 is 9.84 Å². The maximum absolute atomic E-state index is 13.1. The summed E-state index contributed by atoms with van der Waals surface area (Å²) in [5.74, 6) is 2.85. The maximum atomic E-state index is 13.1. The van der Waals surface area contributed by atoms with Gasteiger partial charge >= 0.3 is 0 Å². The van der Waals surface area contributed by atoms with Crippen LogP contribution in [0.5, 0.6) is 0 Å². The fourth-order valence-corrected chi connectivity index (χ4v) is 4.61. The molecule has 1 aromatic heterocycles. The predicted molar refractivity (Wildman–Crippen MR) is 102 cm³/mol. The second-order valence-corrected chi connectivity index (χ2v) is 10.0. The summed E-state index contributed by atoms with van der Waals surface area (Å²) in [4.78, 5) is 15.1. The molecule has 2 atom stereocenters. The molecule has 0 N–H and O–H groups in total. The van der Waals surface area contributed by atoms with Gasteiger partial charge in [-0.05, 0) is 61.9 Å². The number of hydrogen-bond donors (Lipinski definition) is 0. The van der Waals surface area contributed by atoms with Crippen molar-refractivity contribution in [3.05, 3.63) is 53.0 Å². The van der Waals surface area contributed by atoms with Gasteiger partial charge in [0.1, 0.15) is 11.5 Å². The highest BCUT2D eigenvalue weighted by Crippen LogP contribution is 2.47. The monoisotopic (exact) mass is 387 g/mol. The van der Waals surface area contributed by atoms with E-state index in [0.29, 0.717) is 29.5 Å². The third kappa shape index (κ3) is 3.81. The van der Waals surface area contributed by atoms with E-state index in [1.54, 1.807) is 19.1 Å². The lowest BCUT2D eigenvalue weighted by Gasteiger charge is -2.22. The van der Waals surface area contributed by atoms with E-state index in [1.807, 2.05) is 17.0 Å². The van der Waals surface area contributed by atoms with E-state index in [1.165, 1.54) is 12.3 Å². The zero-order valence-electron chi connectivity index (χ0n) is 15.9. The van der Waals surface area contributed by atoms with Crippen LogP contribution in [0, 0.1) is 12.8 Å². The molecule has 0 radical (unpaired) electrons. The second kappa shape index (κ2) is 6.51. The molecule has 0 saturated heterocycles. The fourth-order valence-electron chi connectivity index (χ4n) is 3.62. The highest BCUT2D eigenvalue weighted by molar-refractivity contribution is 7.90. The van der Waals surface area contributed by atoms with Crippen LogP contribution in [0.25, 0.3) is 0 Å². The van der Waals surface area contributed by atoms with Crippen molar-refractivity contribution in [3.8, 4) is 0 Å². The summed E-state index contributed by atoms with van der Waals surface area (Å²) in [5.41, 5.74) is 1.07. The molecule has 1 amide bonds. The number of hydrogen-bond acceptors (Lipinski definition) is 4. The van der Waals surface area contributed by atoms with Crippen molar-refractivity contribution in [2.75, 3.05) is 6.26 Å². The van der Waals surface area contributed by atoms with E-state index >= 15 is 0 Å². The molecular formula is C21H25NO4S. The van der Waals surface area contributed by atoms with Crippen LogP contribution in [0.2, 0.25) is 0 Å². The van der Waals surface area contributed by atoms with Gasteiger partial charge in [0.15, 0.2) is 9.84 Å². The quantitative estimate of drug-likeness (QED) is 0.753. The third-order valence-electron chi connectivity index (χ3n) is 5.57. The number of furan rings is 1. The van der Waals surface area contributed by atoms with Gasteiger partial charge in [-0.2, -0.15) is 0 Å². The van der Waals surface area contributed by atoms with Gasteiger partial charge in [0.05, 0.1) is 11.4 Å². The summed E-state index contributed by atoms with van der Waals surface area (Å²) in [7, 11) is -3.37. The molecule has 0 unspecified atom stereocenters. The third-order valence-corrected chi connectivity index (χ3v) is 6.81. The average Bonchev–Trinajstić information content (AvgIpc) is 3.52. The first-order chi connectivity index (χ1) is 12.7. The average molecular weight is 388 g/mol. The fraction of sp³-hybridized carbons (Fsp3) is 0.476. The first-order valence-corrected chi connectivity index (χ1v) is 11.3. The minimum Gasteiger partial charge on any atom is -0.464 e.